The maximum Gasteiger partial charge on any atom is 0.0720 e. The van der Waals surface area contributed by atoms with Crippen molar-refractivity contribution in [2.45, 2.75) is 43.9 Å². The van der Waals surface area contributed by atoms with E-state index in [2.05, 4.69) is 79.7 Å². The van der Waals surface area contributed by atoms with Gasteiger partial charge < -0.3 is 4.74 Å². The van der Waals surface area contributed by atoms with E-state index >= 15 is 0 Å². The summed E-state index contributed by atoms with van der Waals surface area (Å²) in [6, 6.07) is 21.4. The van der Waals surface area contributed by atoms with Crippen LogP contribution >= 0.6 is 0 Å². The molecule has 122 valence electrons. The first kappa shape index (κ1) is 16.2. The molecule has 0 unspecified atom stereocenters. The van der Waals surface area contributed by atoms with Gasteiger partial charge in [-0.1, -0.05) is 60.7 Å². The lowest BCUT2D eigenvalue weighted by atomic mass is 9.74. The van der Waals surface area contributed by atoms with Gasteiger partial charge in [-0.2, -0.15) is 0 Å². The first-order valence-electron chi connectivity index (χ1n) is 8.59. The van der Waals surface area contributed by atoms with Crippen molar-refractivity contribution in [2.75, 3.05) is 14.1 Å². The van der Waals surface area contributed by atoms with Crippen LogP contribution in [0.3, 0.4) is 0 Å². The molecule has 2 aromatic rings. The third kappa shape index (κ3) is 3.65. The standard InChI is InChI=1S/C21H27NO/c1-22(2)21(19-11-7-4-8-12-19)15-13-20(14-16-21)23-17-18-9-5-3-6-10-18/h3-12,20H,13-17H2,1-2H3/t20-,21-. The van der Waals surface area contributed by atoms with Gasteiger partial charge in [-0.25, -0.2) is 0 Å². The van der Waals surface area contributed by atoms with Gasteiger partial charge >= 0.3 is 0 Å². The fraction of sp³-hybridized carbons (Fsp3) is 0.429. The quantitative estimate of drug-likeness (QED) is 0.800. The number of nitrogens with zero attached hydrogens (tertiary/aromatic N) is 1. The zero-order chi connectivity index (χ0) is 16.1. The molecule has 2 aromatic carbocycles. The number of hydrogen-bond donors (Lipinski definition) is 0. The van der Waals surface area contributed by atoms with Crippen molar-refractivity contribution in [1.29, 1.82) is 0 Å². The molecule has 0 heterocycles. The van der Waals surface area contributed by atoms with Crippen LogP contribution in [0.2, 0.25) is 0 Å². The van der Waals surface area contributed by atoms with Gasteiger partial charge in [0.15, 0.2) is 0 Å². The van der Waals surface area contributed by atoms with Crippen molar-refractivity contribution in [3.63, 3.8) is 0 Å². The molecule has 0 spiro atoms. The van der Waals surface area contributed by atoms with Crippen LogP contribution in [-0.4, -0.2) is 25.1 Å². The molecule has 0 radical (unpaired) electrons. The second-order valence-electron chi connectivity index (χ2n) is 6.79. The average molecular weight is 309 g/mol. The van der Waals surface area contributed by atoms with E-state index < -0.39 is 0 Å². The number of rotatable bonds is 5. The van der Waals surface area contributed by atoms with E-state index in [0.29, 0.717) is 6.10 Å². The van der Waals surface area contributed by atoms with Crippen molar-refractivity contribution < 1.29 is 4.74 Å². The van der Waals surface area contributed by atoms with Gasteiger partial charge in [0.05, 0.1) is 12.7 Å². The summed E-state index contributed by atoms with van der Waals surface area (Å²) in [6.45, 7) is 0.728. The number of ether oxygens (including phenoxy) is 1. The molecule has 1 saturated carbocycles. The lowest BCUT2D eigenvalue weighted by molar-refractivity contribution is -0.0248. The minimum absolute atomic E-state index is 0.161. The van der Waals surface area contributed by atoms with Crippen molar-refractivity contribution in [3.05, 3.63) is 71.8 Å². The Morgan fingerprint density at radius 3 is 2.04 bits per heavy atom. The third-order valence-electron chi connectivity index (χ3n) is 5.26. The zero-order valence-electron chi connectivity index (χ0n) is 14.2. The van der Waals surface area contributed by atoms with E-state index in [1.54, 1.807) is 0 Å². The largest absolute Gasteiger partial charge is 0.374 e. The van der Waals surface area contributed by atoms with Crippen LogP contribution in [0.4, 0.5) is 0 Å². The van der Waals surface area contributed by atoms with Crippen LogP contribution in [0.25, 0.3) is 0 Å². The van der Waals surface area contributed by atoms with E-state index in [9.17, 15) is 0 Å². The highest BCUT2D eigenvalue weighted by Gasteiger charge is 2.38. The molecule has 3 rings (SSSR count). The lowest BCUT2D eigenvalue weighted by Crippen LogP contribution is -2.45. The van der Waals surface area contributed by atoms with Gasteiger partial charge in [0.2, 0.25) is 0 Å². The Hall–Kier alpha value is -1.64. The van der Waals surface area contributed by atoms with E-state index in [0.717, 1.165) is 32.3 Å². The third-order valence-corrected chi connectivity index (χ3v) is 5.26. The van der Waals surface area contributed by atoms with E-state index in [1.165, 1.54) is 11.1 Å². The van der Waals surface area contributed by atoms with E-state index in [-0.39, 0.29) is 5.54 Å². The Bertz CT molecular complexity index is 586. The van der Waals surface area contributed by atoms with Gasteiger partial charge in [-0.3, -0.25) is 4.90 Å². The second kappa shape index (κ2) is 7.29. The van der Waals surface area contributed by atoms with Crippen LogP contribution in [-0.2, 0) is 16.9 Å². The predicted octanol–water partition coefficient (Wildman–Crippen LogP) is 4.60. The molecule has 0 amide bonds. The van der Waals surface area contributed by atoms with Crippen molar-refractivity contribution in [3.8, 4) is 0 Å². The average Bonchev–Trinajstić information content (AvgIpc) is 2.62. The Morgan fingerprint density at radius 1 is 0.913 bits per heavy atom. The molecule has 1 aliphatic rings. The van der Waals surface area contributed by atoms with Gasteiger partial charge in [0.25, 0.3) is 0 Å². The Kier molecular flexibility index (Phi) is 5.14. The molecular weight excluding hydrogens is 282 g/mol. The van der Waals surface area contributed by atoms with E-state index in [4.69, 9.17) is 4.74 Å². The maximum absolute atomic E-state index is 6.16. The summed E-state index contributed by atoms with van der Waals surface area (Å²) in [4.78, 5) is 2.40. The molecule has 2 heteroatoms. The summed E-state index contributed by atoms with van der Waals surface area (Å²) >= 11 is 0. The molecular formula is C21H27NO. The highest BCUT2D eigenvalue weighted by molar-refractivity contribution is 5.25. The normalized spacial score (nSPS) is 24.7. The molecule has 0 atom stereocenters. The molecule has 0 N–H and O–H groups in total. The molecule has 0 aromatic heterocycles. The van der Waals surface area contributed by atoms with Crippen LogP contribution < -0.4 is 0 Å². The Morgan fingerprint density at radius 2 is 1.48 bits per heavy atom. The fourth-order valence-corrected chi connectivity index (χ4v) is 3.77. The van der Waals surface area contributed by atoms with Crippen LogP contribution in [0.1, 0.15) is 36.8 Å². The van der Waals surface area contributed by atoms with Crippen molar-refractivity contribution in [2.24, 2.45) is 0 Å². The highest BCUT2D eigenvalue weighted by atomic mass is 16.5. The van der Waals surface area contributed by atoms with Gasteiger partial charge in [-0.05, 0) is 50.9 Å². The van der Waals surface area contributed by atoms with Gasteiger partial charge in [0.1, 0.15) is 0 Å². The van der Waals surface area contributed by atoms with Crippen molar-refractivity contribution >= 4 is 0 Å². The van der Waals surface area contributed by atoms with Crippen LogP contribution in [0.15, 0.2) is 60.7 Å². The summed E-state index contributed by atoms with van der Waals surface area (Å²) in [5, 5.41) is 0. The Labute approximate surface area is 140 Å². The van der Waals surface area contributed by atoms with Gasteiger partial charge in [-0.15, -0.1) is 0 Å². The summed E-state index contributed by atoms with van der Waals surface area (Å²) in [7, 11) is 4.41. The monoisotopic (exact) mass is 309 g/mol. The highest BCUT2D eigenvalue weighted by Crippen LogP contribution is 2.41. The number of hydrogen-bond acceptors (Lipinski definition) is 2. The van der Waals surface area contributed by atoms with E-state index in [1.807, 2.05) is 0 Å². The maximum atomic E-state index is 6.16. The summed E-state index contributed by atoms with van der Waals surface area (Å²) < 4.78 is 6.16. The van der Waals surface area contributed by atoms with Crippen molar-refractivity contribution in [1.82, 2.24) is 4.90 Å². The predicted molar refractivity (Wildman–Crippen MR) is 95.3 cm³/mol. The minimum Gasteiger partial charge on any atom is -0.374 e. The lowest BCUT2D eigenvalue weighted by Gasteiger charge is -2.45. The topological polar surface area (TPSA) is 12.5 Å². The smallest absolute Gasteiger partial charge is 0.0720 e. The summed E-state index contributed by atoms with van der Waals surface area (Å²) in [5.41, 5.74) is 2.86. The number of benzene rings is 2. The zero-order valence-corrected chi connectivity index (χ0v) is 14.2. The molecule has 1 fully saturated rings. The first-order valence-corrected chi connectivity index (χ1v) is 8.59. The van der Waals surface area contributed by atoms with Crippen LogP contribution in [0, 0.1) is 0 Å². The van der Waals surface area contributed by atoms with Crippen LogP contribution in [0.5, 0.6) is 0 Å². The molecule has 2 nitrogen and oxygen atoms in total. The summed E-state index contributed by atoms with van der Waals surface area (Å²) in [6.07, 6.45) is 4.94. The molecule has 1 aliphatic carbocycles. The minimum atomic E-state index is 0.161. The second-order valence-corrected chi connectivity index (χ2v) is 6.79. The van der Waals surface area contributed by atoms with Gasteiger partial charge in [0, 0.05) is 5.54 Å². The molecule has 0 aliphatic heterocycles. The molecule has 23 heavy (non-hydrogen) atoms. The fourth-order valence-electron chi connectivity index (χ4n) is 3.77. The Balaban J connectivity index is 1.62. The molecule has 0 bridgehead atoms. The SMILES string of the molecule is CN(C)[C@]1(c2ccccc2)CC[C@@H](OCc2ccccc2)CC1. The first-order chi connectivity index (χ1) is 11.2. The molecule has 0 saturated heterocycles. The summed E-state index contributed by atoms with van der Waals surface area (Å²) in [5.74, 6) is 0.